The molecule has 1 N–H and O–H groups in total. The molecule has 0 aliphatic carbocycles. The normalized spacial score (nSPS) is 12.3. The summed E-state index contributed by atoms with van der Waals surface area (Å²) < 4.78 is 26.5. The van der Waals surface area contributed by atoms with Gasteiger partial charge in [-0.05, 0) is 23.2 Å². The predicted octanol–water partition coefficient (Wildman–Crippen LogP) is 2.17. The maximum Gasteiger partial charge on any atom is 0.211 e. The van der Waals surface area contributed by atoms with E-state index in [-0.39, 0.29) is 11.7 Å². The molecule has 0 saturated heterocycles. The first-order valence-corrected chi connectivity index (χ1v) is 8.19. The Morgan fingerprint density at radius 3 is 2.36 bits per heavy atom. The summed E-state index contributed by atoms with van der Waals surface area (Å²) in [5, 5.41) is 0. The van der Waals surface area contributed by atoms with Gasteiger partial charge in [-0.1, -0.05) is 42.9 Å². The smallest absolute Gasteiger partial charge is 0.211 e. The van der Waals surface area contributed by atoms with Crippen molar-refractivity contribution < 1.29 is 8.42 Å². The van der Waals surface area contributed by atoms with Crippen LogP contribution >= 0.6 is 22.6 Å². The Kier molecular flexibility index (Phi) is 8.23. The molecule has 0 aromatic heterocycles. The molecule has 0 aliphatic rings. The molecular weight excluding hydrogens is 313 g/mol. The number of halogens is 1. The minimum Gasteiger partial charge on any atom is -0.215 e. The molecule has 5 heteroatoms. The van der Waals surface area contributed by atoms with Crippen molar-refractivity contribution in [2.45, 2.75) is 33.1 Å². The minimum absolute atomic E-state index is 0.196. The molecule has 0 rings (SSSR count). The summed E-state index contributed by atoms with van der Waals surface area (Å²) in [5.74, 6) is 0.432. The van der Waals surface area contributed by atoms with Crippen molar-refractivity contribution in [3.8, 4) is 0 Å². The lowest BCUT2D eigenvalue weighted by molar-refractivity contribution is 0.563. The number of alkyl halides is 1. The SMILES string of the molecule is CC(C)CS(=O)(=O)NCCCCCI. The Morgan fingerprint density at radius 2 is 1.86 bits per heavy atom. The average Bonchev–Trinajstić information content (AvgIpc) is 2.01. The Bertz CT molecular complexity index is 227. The molecule has 14 heavy (non-hydrogen) atoms. The van der Waals surface area contributed by atoms with Crippen LogP contribution in [0, 0.1) is 5.92 Å². The predicted molar refractivity (Wildman–Crippen MR) is 69.4 cm³/mol. The summed E-state index contributed by atoms with van der Waals surface area (Å²) in [4.78, 5) is 0. The summed E-state index contributed by atoms with van der Waals surface area (Å²) >= 11 is 2.33. The van der Waals surface area contributed by atoms with Crippen LogP contribution in [-0.2, 0) is 10.0 Å². The van der Waals surface area contributed by atoms with Gasteiger partial charge in [0.05, 0.1) is 5.75 Å². The second kappa shape index (κ2) is 7.87. The molecule has 0 aromatic rings. The zero-order chi connectivity index (χ0) is 11.0. The van der Waals surface area contributed by atoms with E-state index in [1.165, 1.54) is 6.42 Å². The number of sulfonamides is 1. The van der Waals surface area contributed by atoms with E-state index in [0.29, 0.717) is 6.54 Å². The van der Waals surface area contributed by atoms with Crippen LogP contribution < -0.4 is 4.72 Å². The zero-order valence-corrected chi connectivity index (χ0v) is 11.9. The maximum absolute atomic E-state index is 11.4. The lowest BCUT2D eigenvalue weighted by Crippen LogP contribution is -2.29. The third-order valence-corrected chi connectivity index (χ3v) is 4.20. The molecular formula is C9H20INO2S. The topological polar surface area (TPSA) is 46.2 Å². The van der Waals surface area contributed by atoms with Gasteiger partial charge in [-0.25, -0.2) is 13.1 Å². The van der Waals surface area contributed by atoms with Crippen molar-refractivity contribution in [1.29, 1.82) is 0 Å². The molecule has 0 fully saturated rings. The first kappa shape index (κ1) is 14.6. The third-order valence-electron chi connectivity index (χ3n) is 1.69. The fourth-order valence-corrected chi connectivity index (χ4v) is 3.11. The fraction of sp³-hybridized carbons (Fsp3) is 1.00. The van der Waals surface area contributed by atoms with E-state index >= 15 is 0 Å². The number of unbranched alkanes of at least 4 members (excludes halogenated alkanes) is 2. The van der Waals surface area contributed by atoms with Crippen LogP contribution in [0.5, 0.6) is 0 Å². The second-order valence-electron chi connectivity index (χ2n) is 3.82. The first-order chi connectivity index (χ1) is 6.48. The lowest BCUT2D eigenvalue weighted by Gasteiger charge is -2.08. The molecule has 0 amide bonds. The molecule has 3 nitrogen and oxygen atoms in total. The summed E-state index contributed by atoms with van der Waals surface area (Å²) in [6, 6.07) is 0. The Balaban J connectivity index is 3.56. The van der Waals surface area contributed by atoms with Gasteiger partial charge in [0.15, 0.2) is 0 Å². The fourth-order valence-electron chi connectivity index (χ4n) is 1.12. The van der Waals surface area contributed by atoms with E-state index < -0.39 is 10.0 Å². The number of hydrogen-bond donors (Lipinski definition) is 1. The van der Waals surface area contributed by atoms with E-state index in [9.17, 15) is 8.42 Å². The van der Waals surface area contributed by atoms with Gasteiger partial charge >= 0.3 is 0 Å². The standard InChI is InChI=1S/C9H20INO2S/c1-9(2)8-14(12,13)11-7-5-3-4-6-10/h9,11H,3-8H2,1-2H3. The van der Waals surface area contributed by atoms with Gasteiger partial charge in [-0.3, -0.25) is 0 Å². The van der Waals surface area contributed by atoms with Gasteiger partial charge < -0.3 is 0 Å². The van der Waals surface area contributed by atoms with Crippen LogP contribution in [0.25, 0.3) is 0 Å². The minimum atomic E-state index is -3.02. The summed E-state index contributed by atoms with van der Waals surface area (Å²) in [6.45, 7) is 4.41. The number of nitrogens with one attached hydrogen (secondary N) is 1. The van der Waals surface area contributed by atoms with Gasteiger partial charge in [0, 0.05) is 6.54 Å². The molecule has 0 aromatic carbocycles. The van der Waals surface area contributed by atoms with Gasteiger partial charge in [0.1, 0.15) is 0 Å². The van der Waals surface area contributed by atoms with E-state index in [2.05, 4.69) is 27.3 Å². The quantitative estimate of drug-likeness (QED) is 0.420. The highest BCUT2D eigenvalue weighted by Crippen LogP contribution is 2.00. The summed E-state index contributed by atoms with van der Waals surface area (Å²) in [5.41, 5.74) is 0. The highest BCUT2D eigenvalue weighted by molar-refractivity contribution is 14.1. The van der Waals surface area contributed by atoms with Crippen LogP contribution in [0.15, 0.2) is 0 Å². The molecule has 0 aliphatic heterocycles. The van der Waals surface area contributed by atoms with Crippen LogP contribution in [0.1, 0.15) is 33.1 Å². The Labute approximate surface area is 101 Å². The first-order valence-electron chi connectivity index (χ1n) is 5.01. The largest absolute Gasteiger partial charge is 0.215 e. The Morgan fingerprint density at radius 1 is 1.21 bits per heavy atom. The third kappa shape index (κ3) is 9.21. The molecule has 0 spiro atoms. The zero-order valence-electron chi connectivity index (χ0n) is 8.92. The Hall–Kier alpha value is 0.640. The van der Waals surface area contributed by atoms with Gasteiger partial charge in [0.2, 0.25) is 10.0 Å². The second-order valence-corrected chi connectivity index (χ2v) is 6.75. The van der Waals surface area contributed by atoms with Gasteiger partial charge in [0.25, 0.3) is 0 Å². The lowest BCUT2D eigenvalue weighted by atomic mass is 10.3. The van der Waals surface area contributed by atoms with Gasteiger partial charge in [-0.2, -0.15) is 0 Å². The average molecular weight is 333 g/mol. The van der Waals surface area contributed by atoms with Crippen molar-refractivity contribution in [3.63, 3.8) is 0 Å². The van der Waals surface area contributed by atoms with Crippen molar-refractivity contribution in [1.82, 2.24) is 4.72 Å². The number of rotatable bonds is 8. The van der Waals surface area contributed by atoms with Crippen LogP contribution in [-0.4, -0.2) is 25.1 Å². The van der Waals surface area contributed by atoms with Crippen molar-refractivity contribution in [3.05, 3.63) is 0 Å². The van der Waals surface area contributed by atoms with Crippen molar-refractivity contribution in [2.24, 2.45) is 5.92 Å². The maximum atomic E-state index is 11.4. The van der Waals surface area contributed by atoms with E-state index in [0.717, 1.165) is 17.3 Å². The molecule has 0 bridgehead atoms. The molecule has 0 heterocycles. The van der Waals surface area contributed by atoms with Crippen LogP contribution in [0.2, 0.25) is 0 Å². The summed E-state index contributed by atoms with van der Waals surface area (Å²) in [6.07, 6.45) is 3.22. The highest BCUT2D eigenvalue weighted by Gasteiger charge is 2.11. The van der Waals surface area contributed by atoms with Crippen LogP contribution in [0.3, 0.4) is 0 Å². The molecule has 0 saturated carbocycles. The molecule has 0 atom stereocenters. The highest BCUT2D eigenvalue weighted by atomic mass is 127. The monoisotopic (exact) mass is 333 g/mol. The summed E-state index contributed by atoms with van der Waals surface area (Å²) in [7, 11) is -3.02. The van der Waals surface area contributed by atoms with Crippen molar-refractivity contribution >= 4 is 32.6 Å². The van der Waals surface area contributed by atoms with E-state index in [1.807, 2.05) is 13.8 Å². The van der Waals surface area contributed by atoms with Gasteiger partial charge in [-0.15, -0.1) is 0 Å². The molecule has 0 radical (unpaired) electrons. The van der Waals surface area contributed by atoms with Crippen LogP contribution in [0.4, 0.5) is 0 Å². The number of hydrogen-bond acceptors (Lipinski definition) is 2. The molecule has 86 valence electrons. The molecule has 0 unspecified atom stereocenters. The van der Waals surface area contributed by atoms with Crippen molar-refractivity contribution in [2.75, 3.05) is 16.7 Å². The van der Waals surface area contributed by atoms with E-state index in [4.69, 9.17) is 0 Å². The van der Waals surface area contributed by atoms with E-state index in [1.54, 1.807) is 0 Å².